The fourth-order valence-electron chi connectivity index (χ4n) is 1.05. The van der Waals surface area contributed by atoms with Gasteiger partial charge in [-0.05, 0) is 18.6 Å². The van der Waals surface area contributed by atoms with Crippen molar-refractivity contribution >= 4 is 5.94 Å². The first kappa shape index (κ1) is 10.8. The van der Waals surface area contributed by atoms with Crippen LogP contribution in [0.15, 0.2) is 29.5 Å². The third-order valence-electron chi connectivity index (χ3n) is 1.93. The molecule has 0 atom stereocenters. The molecule has 0 aromatic heterocycles. The van der Waals surface area contributed by atoms with Crippen LogP contribution in [0.2, 0.25) is 0 Å². The van der Waals surface area contributed by atoms with Crippen LogP contribution in [0.5, 0.6) is 0 Å². The number of unbranched alkanes of at least 4 members (excludes halogenated alkanes) is 1. The van der Waals surface area contributed by atoms with Gasteiger partial charge in [0.05, 0.1) is 12.3 Å². The van der Waals surface area contributed by atoms with Crippen molar-refractivity contribution in [3.05, 3.63) is 29.5 Å². The summed E-state index contributed by atoms with van der Waals surface area (Å²) in [5.41, 5.74) is 4.41. The monoisotopic (exact) mass is 193 g/mol. The minimum atomic E-state index is 0.624. The van der Waals surface area contributed by atoms with Crippen LogP contribution in [-0.2, 0) is 9.63 Å². The Morgan fingerprint density at radius 2 is 2.43 bits per heavy atom. The Labute approximate surface area is 84.1 Å². The van der Waals surface area contributed by atoms with Crippen LogP contribution in [-0.4, -0.2) is 12.5 Å². The summed E-state index contributed by atoms with van der Waals surface area (Å²) in [6, 6.07) is 0. The molecule has 0 heterocycles. The van der Waals surface area contributed by atoms with E-state index in [1.54, 1.807) is 6.08 Å². The normalized spacial score (nSPS) is 14.9. The number of hydroxylamine groups is 1. The first-order valence-corrected chi connectivity index (χ1v) is 4.87. The fourth-order valence-corrected chi connectivity index (χ4v) is 1.05. The van der Waals surface area contributed by atoms with Gasteiger partial charge in [0.1, 0.15) is 5.94 Å². The number of carbonyl (C=O) groups excluding carboxylic acids is 1. The fraction of sp³-hybridized carbons (Fsp3) is 0.455. The third-order valence-corrected chi connectivity index (χ3v) is 1.93. The average molecular weight is 193 g/mol. The van der Waals surface area contributed by atoms with Gasteiger partial charge in [0.25, 0.3) is 0 Å². The summed E-state index contributed by atoms with van der Waals surface area (Å²) in [7, 11) is 0. The zero-order valence-corrected chi connectivity index (χ0v) is 8.38. The summed E-state index contributed by atoms with van der Waals surface area (Å²) in [5.74, 6) is 1.87. The molecule has 14 heavy (non-hydrogen) atoms. The van der Waals surface area contributed by atoms with Crippen LogP contribution in [0.1, 0.15) is 26.2 Å². The van der Waals surface area contributed by atoms with Crippen molar-refractivity contribution < 1.29 is 9.63 Å². The second-order valence-electron chi connectivity index (χ2n) is 3.13. The highest BCUT2D eigenvalue weighted by Crippen LogP contribution is 2.10. The summed E-state index contributed by atoms with van der Waals surface area (Å²) >= 11 is 0. The van der Waals surface area contributed by atoms with E-state index in [0.717, 1.165) is 18.5 Å². The Morgan fingerprint density at radius 3 is 3.00 bits per heavy atom. The van der Waals surface area contributed by atoms with Crippen LogP contribution in [0.25, 0.3) is 0 Å². The number of hydrogen-bond donors (Lipinski definition) is 1. The largest absolute Gasteiger partial charge is 0.276 e. The van der Waals surface area contributed by atoms with Crippen LogP contribution in [0.4, 0.5) is 0 Å². The quantitative estimate of drug-likeness (QED) is 0.412. The summed E-state index contributed by atoms with van der Waals surface area (Å²) in [6.07, 6.45) is 8.26. The second kappa shape index (κ2) is 6.19. The van der Waals surface area contributed by atoms with Gasteiger partial charge in [-0.2, -0.15) is 0 Å². The van der Waals surface area contributed by atoms with Gasteiger partial charge in [-0.3, -0.25) is 10.3 Å². The lowest BCUT2D eigenvalue weighted by Gasteiger charge is -2.10. The van der Waals surface area contributed by atoms with Gasteiger partial charge in [0.2, 0.25) is 0 Å². The smallest absolute Gasteiger partial charge is 0.128 e. The molecule has 3 nitrogen and oxygen atoms in total. The third kappa shape index (κ3) is 3.60. The molecule has 76 valence electrons. The van der Waals surface area contributed by atoms with Gasteiger partial charge in [-0.25, -0.2) is 4.79 Å². The zero-order valence-electron chi connectivity index (χ0n) is 8.38. The molecule has 0 aliphatic heterocycles. The number of hydrogen-bond acceptors (Lipinski definition) is 3. The van der Waals surface area contributed by atoms with Gasteiger partial charge in [0.15, 0.2) is 0 Å². The molecule has 0 spiro atoms. The molecule has 0 aromatic rings. The Balaban J connectivity index is 2.25. The van der Waals surface area contributed by atoms with Crippen molar-refractivity contribution in [1.82, 2.24) is 5.48 Å². The van der Waals surface area contributed by atoms with Crippen molar-refractivity contribution in [1.29, 1.82) is 0 Å². The maximum absolute atomic E-state index is 10.3. The lowest BCUT2D eigenvalue weighted by atomic mass is 10.1. The van der Waals surface area contributed by atoms with Crippen molar-refractivity contribution in [3.63, 3.8) is 0 Å². The van der Waals surface area contributed by atoms with Gasteiger partial charge in [-0.15, -0.1) is 0 Å². The molecule has 0 aromatic carbocycles. The number of allylic oxidation sites excluding steroid dienone is 4. The van der Waals surface area contributed by atoms with Gasteiger partial charge >= 0.3 is 0 Å². The van der Waals surface area contributed by atoms with E-state index in [1.165, 1.54) is 0 Å². The van der Waals surface area contributed by atoms with Crippen molar-refractivity contribution in [2.24, 2.45) is 0 Å². The molecule has 0 amide bonds. The second-order valence-corrected chi connectivity index (χ2v) is 3.13. The predicted molar refractivity (Wildman–Crippen MR) is 55.0 cm³/mol. The Morgan fingerprint density at radius 1 is 1.57 bits per heavy atom. The van der Waals surface area contributed by atoms with E-state index in [9.17, 15) is 4.79 Å². The molecule has 0 radical (unpaired) electrons. The molecular formula is C11H15NO2. The van der Waals surface area contributed by atoms with Gasteiger partial charge in [0, 0.05) is 12.0 Å². The van der Waals surface area contributed by atoms with Crippen LogP contribution >= 0.6 is 0 Å². The SMILES string of the molecule is CCCCONC1=CCC(=C=O)C=C1. The maximum Gasteiger partial charge on any atom is 0.128 e. The molecule has 3 heteroatoms. The molecule has 0 saturated carbocycles. The van der Waals surface area contributed by atoms with E-state index in [2.05, 4.69) is 12.4 Å². The highest BCUT2D eigenvalue weighted by atomic mass is 16.6. The highest BCUT2D eigenvalue weighted by molar-refractivity contribution is 5.59. The average Bonchev–Trinajstić information content (AvgIpc) is 2.25. The minimum Gasteiger partial charge on any atom is -0.276 e. The van der Waals surface area contributed by atoms with E-state index in [-0.39, 0.29) is 0 Å². The van der Waals surface area contributed by atoms with Gasteiger partial charge in [-0.1, -0.05) is 19.4 Å². The van der Waals surface area contributed by atoms with E-state index < -0.39 is 0 Å². The van der Waals surface area contributed by atoms with E-state index in [1.807, 2.05) is 18.1 Å². The molecule has 1 aliphatic rings. The molecule has 1 N–H and O–H groups in total. The topological polar surface area (TPSA) is 38.3 Å². The van der Waals surface area contributed by atoms with Crippen LogP contribution in [0.3, 0.4) is 0 Å². The molecule has 0 fully saturated rings. The number of nitrogens with one attached hydrogen (secondary N) is 1. The minimum absolute atomic E-state index is 0.624. The van der Waals surface area contributed by atoms with E-state index in [4.69, 9.17) is 4.84 Å². The Kier molecular flexibility index (Phi) is 4.76. The summed E-state index contributed by atoms with van der Waals surface area (Å²) < 4.78 is 0. The van der Waals surface area contributed by atoms with Crippen molar-refractivity contribution in [2.75, 3.05) is 6.61 Å². The van der Waals surface area contributed by atoms with Gasteiger partial charge < -0.3 is 0 Å². The molecule has 0 saturated heterocycles. The standard InChI is InChI=1S/C11H15NO2/c1-2-3-8-14-12-11-6-4-10(9-13)5-7-11/h4,6-7,12H,2-3,5,8H2,1H3. The van der Waals surface area contributed by atoms with E-state index in [0.29, 0.717) is 18.6 Å². The zero-order chi connectivity index (χ0) is 10.2. The molecule has 1 rings (SSSR count). The predicted octanol–water partition coefficient (Wildman–Crippen LogP) is 1.91. The molecule has 0 unspecified atom stereocenters. The number of rotatable bonds is 5. The molecule has 1 aliphatic carbocycles. The molecular weight excluding hydrogens is 178 g/mol. The highest BCUT2D eigenvalue weighted by Gasteiger charge is 2.00. The van der Waals surface area contributed by atoms with Crippen LogP contribution in [0, 0.1) is 0 Å². The first-order chi connectivity index (χ1) is 6.86. The summed E-state index contributed by atoms with van der Waals surface area (Å²) in [6.45, 7) is 2.82. The summed E-state index contributed by atoms with van der Waals surface area (Å²) in [5, 5.41) is 0. The van der Waals surface area contributed by atoms with E-state index >= 15 is 0 Å². The lowest BCUT2D eigenvalue weighted by Crippen LogP contribution is -2.14. The van der Waals surface area contributed by atoms with Crippen LogP contribution < -0.4 is 5.48 Å². The summed E-state index contributed by atoms with van der Waals surface area (Å²) in [4.78, 5) is 15.5. The molecule has 0 bridgehead atoms. The lowest BCUT2D eigenvalue weighted by molar-refractivity contribution is 0.0629. The Bertz CT molecular complexity index is 286. The van der Waals surface area contributed by atoms with Crippen molar-refractivity contribution in [2.45, 2.75) is 26.2 Å². The maximum atomic E-state index is 10.3. The van der Waals surface area contributed by atoms with Crippen molar-refractivity contribution in [3.8, 4) is 0 Å². The first-order valence-electron chi connectivity index (χ1n) is 4.87. The Hall–Kier alpha value is -1.31.